The summed E-state index contributed by atoms with van der Waals surface area (Å²) in [6, 6.07) is 0. The standard InChI is InChI=1S/C21H18F25NO4S2/c1-9(2,7-53(49,50)51)47-8(48)3-5-52-6-4-10(22,23)11(24,25)12(26,27)13(28,29)14(30,31)15(32,33)16(34,35)17(36,37)18(38,39)19(40,41)20(42,43)21(44,45)46/h3-7H2,1-2H3,(H,47,48)(H,49,50,51). The molecule has 1 amide bonds. The van der Waals surface area contributed by atoms with Crippen LogP contribution in [-0.2, 0) is 14.9 Å². The minimum Gasteiger partial charge on any atom is -0.350 e. The number of halogens is 25. The molecule has 0 aromatic carbocycles. The predicted octanol–water partition coefficient (Wildman–Crippen LogP) is 8.83. The first-order valence-corrected chi connectivity index (χ1v) is 15.4. The highest BCUT2D eigenvalue weighted by molar-refractivity contribution is 7.99. The molecule has 0 radical (unpaired) electrons. The summed E-state index contributed by atoms with van der Waals surface area (Å²) in [5.74, 6) is -104. The molecule has 0 bridgehead atoms. The molecule has 32 heteroatoms. The Morgan fingerprint density at radius 3 is 1.08 bits per heavy atom. The lowest BCUT2D eigenvalue weighted by atomic mass is 9.84. The van der Waals surface area contributed by atoms with Crippen molar-refractivity contribution < 1.29 is 128 Å². The average Bonchev–Trinajstić information content (AvgIpc) is 2.89. The van der Waals surface area contributed by atoms with E-state index in [1.807, 2.05) is 5.32 Å². The number of amides is 1. The molecule has 0 aliphatic heterocycles. The van der Waals surface area contributed by atoms with Gasteiger partial charge in [-0.1, -0.05) is 0 Å². The summed E-state index contributed by atoms with van der Waals surface area (Å²) in [4.78, 5) is 11.8. The summed E-state index contributed by atoms with van der Waals surface area (Å²) in [6.45, 7) is 1.98. The van der Waals surface area contributed by atoms with Crippen molar-refractivity contribution in [2.75, 3.05) is 17.3 Å². The van der Waals surface area contributed by atoms with Crippen LogP contribution in [0.3, 0.4) is 0 Å². The van der Waals surface area contributed by atoms with Gasteiger partial charge in [0, 0.05) is 18.6 Å². The van der Waals surface area contributed by atoms with E-state index in [0.29, 0.717) is 0 Å². The minimum absolute atomic E-state index is 0.176. The van der Waals surface area contributed by atoms with Gasteiger partial charge in [-0.15, -0.1) is 0 Å². The van der Waals surface area contributed by atoms with Gasteiger partial charge in [0.2, 0.25) is 5.91 Å². The number of rotatable bonds is 19. The lowest BCUT2D eigenvalue weighted by Crippen LogP contribution is -2.78. The molecule has 53 heavy (non-hydrogen) atoms. The number of carbonyl (C=O) groups is 1. The normalized spacial score (nSPS) is 16.2. The van der Waals surface area contributed by atoms with Gasteiger partial charge in [-0.3, -0.25) is 9.35 Å². The zero-order chi connectivity index (χ0) is 43.5. The van der Waals surface area contributed by atoms with Crippen LogP contribution in [0.4, 0.5) is 110 Å². The molecular formula is C21H18F25NO4S2. The fraction of sp³-hybridized carbons (Fsp3) is 0.952. The van der Waals surface area contributed by atoms with E-state index >= 15 is 0 Å². The van der Waals surface area contributed by atoms with Crippen molar-refractivity contribution in [1.29, 1.82) is 0 Å². The molecule has 318 valence electrons. The van der Waals surface area contributed by atoms with Gasteiger partial charge in [0.15, 0.2) is 0 Å². The predicted molar refractivity (Wildman–Crippen MR) is 126 cm³/mol. The largest absolute Gasteiger partial charge is 0.460 e. The van der Waals surface area contributed by atoms with Gasteiger partial charge in [0.25, 0.3) is 10.1 Å². The maximum absolute atomic E-state index is 14.0. The van der Waals surface area contributed by atoms with Gasteiger partial charge in [-0.25, -0.2) is 0 Å². The molecule has 0 unspecified atom stereocenters. The molecular weight excluding hydrogens is 869 g/mol. The molecule has 0 rings (SSSR count). The zero-order valence-electron chi connectivity index (χ0n) is 25.0. The number of nitrogens with one attached hydrogen (secondary N) is 1. The van der Waals surface area contributed by atoms with E-state index in [0.717, 1.165) is 13.8 Å². The number of hydrogen-bond acceptors (Lipinski definition) is 4. The van der Waals surface area contributed by atoms with E-state index in [1.165, 1.54) is 0 Å². The molecule has 0 saturated carbocycles. The first-order chi connectivity index (χ1) is 22.6. The van der Waals surface area contributed by atoms with Crippen molar-refractivity contribution in [2.24, 2.45) is 0 Å². The van der Waals surface area contributed by atoms with Crippen molar-refractivity contribution in [2.45, 2.75) is 104 Å². The number of carbonyl (C=O) groups excluding carboxylic acids is 1. The van der Waals surface area contributed by atoms with Gasteiger partial charge < -0.3 is 5.32 Å². The van der Waals surface area contributed by atoms with E-state index in [9.17, 15) is 123 Å². The van der Waals surface area contributed by atoms with E-state index in [2.05, 4.69) is 0 Å². The molecule has 0 fully saturated rings. The number of alkyl halides is 25. The van der Waals surface area contributed by atoms with Crippen LogP contribution in [0.1, 0.15) is 26.7 Å². The van der Waals surface area contributed by atoms with Crippen LogP contribution in [-0.4, -0.2) is 113 Å². The summed E-state index contributed by atoms with van der Waals surface area (Å²) < 4.78 is 369. The number of hydrogen-bond donors (Lipinski definition) is 2. The topological polar surface area (TPSA) is 83.5 Å². The third-order valence-corrected chi connectivity index (χ3v) is 8.49. The maximum atomic E-state index is 14.0. The fourth-order valence-corrected chi connectivity index (χ4v) is 5.46. The second kappa shape index (κ2) is 14.2. The second-order valence-corrected chi connectivity index (χ2v) is 13.9. The molecule has 0 heterocycles. The van der Waals surface area contributed by atoms with Crippen molar-refractivity contribution in [3.8, 4) is 0 Å². The molecule has 0 aliphatic carbocycles. The van der Waals surface area contributed by atoms with Gasteiger partial charge >= 0.3 is 71.3 Å². The summed E-state index contributed by atoms with van der Waals surface area (Å²) in [6.07, 6.45) is -12.0. The lowest BCUT2D eigenvalue weighted by Gasteiger charge is -2.45. The van der Waals surface area contributed by atoms with Gasteiger partial charge in [0.05, 0.1) is 11.3 Å². The fourth-order valence-electron chi connectivity index (χ4n) is 3.54. The quantitative estimate of drug-likeness (QED) is 0.0771. The number of thioether (sulfide) groups is 1. The Bertz CT molecular complexity index is 1420. The van der Waals surface area contributed by atoms with Gasteiger partial charge in [-0.2, -0.15) is 130 Å². The Hall–Kier alpha value is -2.02. The molecule has 0 atom stereocenters. The highest BCUT2D eigenvalue weighted by atomic mass is 32.2. The van der Waals surface area contributed by atoms with Crippen molar-refractivity contribution in [3.05, 3.63) is 0 Å². The molecule has 2 N–H and O–H groups in total. The third-order valence-electron chi connectivity index (χ3n) is 6.42. The van der Waals surface area contributed by atoms with Crippen LogP contribution in [0.25, 0.3) is 0 Å². The van der Waals surface area contributed by atoms with E-state index in [4.69, 9.17) is 4.55 Å². The van der Waals surface area contributed by atoms with E-state index in [-0.39, 0.29) is 11.8 Å². The minimum atomic E-state index is -9.65. The first kappa shape index (κ1) is 51.0. The highest BCUT2D eigenvalue weighted by Gasteiger charge is 2.99. The monoisotopic (exact) mass is 887 g/mol. The van der Waals surface area contributed by atoms with Crippen LogP contribution >= 0.6 is 11.8 Å². The van der Waals surface area contributed by atoms with Gasteiger partial charge in [-0.05, 0) is 19.6 Å². The van der Waals surface area contributed by atoms with Crippen LogP contribution < -0.4 is 5.32 Å². The molecule has 5 nitrogen and oxygen atoms in total. The first-order valence-electron chi connectivity index (χ1n) is 12.6. The zero-order valence-corrected chi connectivity index (χ0v) is 26.6. The maximum Gasteiger partial charge on any atom is 0.460 e. The summed E-state index contributed by atoms with van der Waals surface area (Å²) in [5, 5.41) is 1.92. The molecule has 0 aromatic rings. The summed E-state index contributed by atoms with van der Waals surface area (Å²) >= 11 is -0.176. The van der Waals surface area contributed by atoms with Gasteiger partial charge in [0.1, 0.15) is 0 Å². The Kier molecular flexibility index (Phi) is 13.6. The van der Waals surface area contributed by atoms with Crippen LogP contribution in [0.15, 0.2) is 0 Å². The van der Waals surface area contributed by atoms with Crippen LogP contribution in [0.2, 0.25) is 0 Å². The molecule has 0 saturated heterocycles. The van der Waals surface area contributed by atoms with Crippen molar-refractivity contribution in [1.82, 2.24) is 5.32 Å². The Labute approximate surface area is 282 Å². The smallest absolute Gasteiger partial charge is 0.350 e. The van der Waals surface area contributed by atoms with E-state index in [1.54, 1.807) is 0 Å². The average molecular weight is 887 g/mol. The second-order valence-electron chi connectivity index (χ2n) is 11.2. The van der Waals surface area contributed by atoms with Crippen LogP contribution in [0, 0.1) is 0 Å². The Morgan fingerprint density at radius 2 is 0.792 bits per heavy atom. The lowest BCUT2D eigenvalue weighted by molar-refractivity contribution is -0.482. The Balaban J connectivity index is 6.51. The van der Waals surface area contributed by atoms with Crippen molar-refractivity contribution in [3.63, 3.8) is 0 Å². The van der Waals surface area contributed by atoms with Crippen molar-refractivity contribution >= 4 is 27.8 Å². The summed E-state index contributed by atoms with van der Waals surface area (Å²) in [7, 11) is -4.73. The molecule has 0 spiro atoms. The highest BCUT2D eigenvalue weighted by Crippen LogP contribution is 2.67. The SMILES string of the molecule is CC(C)(CS(=O)(=O)O)NC(=O)CCSCCC(F)(F)C(F)(F)C(F)(F)C(F)(F)C(F)(F)C(F)(F)C(F)(F)C(F)(F)C(F)(F)C(F)(F)C(F)(F)C(F)(F)F. The molecule has 0 aliphatic rings. The molecule has 0 aromatic heterocycles. The Morgan fingerprint density at radius 1 is 0.509 bits per heavy atom. The van der Waals surface area contributed by atoms with Crippen LogP contribution in [0.5, 0.6) is 0 Å². The summed E-state index contributed by atoms with van der Waals surface area (Å²) in [5.41, 5.74) is -1.74. The van der Waals surface area contributed by atoms with E-state index < -0.39 is 123 Å². The third kappa shape index (κ3) is 8.41.